The molecular weight excluding hydrogens is 470 g/mol. The van der Waals surface area contributed by atoms with Crippen LogP contribution in [0.2, 0.25) is 0 Å². The average molecular weight is 500 g/mol. The fourth-order valence-electron chi connectivity index (χ4n) is 4.95. The number of aromatic nitrogens is 4. The van der Waals surface area contributed by atoms with E-state index in [1.165, 1.54) is 4.90 Å². The van der Waals surface area contributed by atoms with Gasteiger partial charge in [-0.1, -0.05) is 19.1 Å². The third-order valence-corrected chi connectivity index (χ3v) is 7.66. The number of thioether (sulfide) groups is 1. The minimum Gasteiger partial charge on any atom is -0.310 e. The summed E-state index contributed by atoms with van der Waals surface area (Å²) < 4.78 is 1.92. The van der Waals surface area contributed by atoms with Gasteiger partial charge in [0, 0.05) is 29.0 Å². The Morgan fingerprint density at radius 1 is 1.19 bits per heavy atom. The number of hydrogen-bond donors (Lipinski definition) is 1. The number of carbonyl (C=O) groups excluding carboxylic acids is 2. The van der Waals surface area contributed by atoms with Crippen LogP contribution in [-0.2, 0) is 23.1 Å². The number of anilines is 1. The third kappa shape index (κ3) is 4.41. The summed E-state index contributed by atoms with van der Waals surface area (Å²) in [4.78, 5) is 41.7. The number of pyridine rings is 1. The van der Waals surface area contributed by atoms with Crippen LogP contribution >= 0.6 is 11.8 Å². The van der Waals surface area contributed by atoms with Crippen LogP contribution in [0.4, 0.5) is 5.82 Å². The van der Waals surface area contributed by atoms with Gasteiger partial charge in [0.25, 0.3) is 0 Å². The zero-order valence-corrected chi connectivity index (χ0v) is 21.8. The summed E-state index contributed by atoms with van der Waals surface area (Å²) in [5.74, 6) is 1.36. The molecule has 184 valence electrons. The Morgan fingerprint density at radius 3 is 2.72 bits per heavy atom. The molecule has 7 nitrogen and oxygen atoms in total. The molecule has 1 aliphatic rings. The summed E-state index contributed by atoms with van der Waals surface area (Å²) in [6.07, 6.45) is 6.96. The van der Waals surface area contributed by atoms with Crippen molar-refractivity contribution < 1.29 is 9.59 Å². The van der Waals surface area contributed by atoms with Crippen LogP contribution in [0.25, 0.3) is 5.65 Å². The molecule has 3 heterocycles. The topological polar surface area (TPSA) is 89.2 Å². The second kappa shape index (κ2) is 9.50. The van der Waals surface area contributed by atoms with E-state index in [0.29, 0.717) is 35.6 Å². The van der Waals surface area contributed by atoms with Gasteiger partial charge in [-0.15, -0.1) is 11.8 Å². The first-order valence-corrected chi connectivity index (χ1v) is 13.1. The highest BCUT2D eigenvalue weighted by atomic mass is 32.2. The predicted octanol–water partition coefficient (Wildman–Crippen LogP) is 5.12. The van der Waals surface area contributed by atoms with Crippen LogP contribution in [0.15, 0.2) is 53.8 Å². The van der Waals surface area contributed by atoms with Crippen molar-refractivity contribution in [3.63, 3.8) is 0 Å². The smallest absolute Gasteiger partial charge is 0.229 e. The van der Waals surface area contributed by atoms with Gasteiger partial charge in [0.1, 0.15) is 5.82 Å². The number of nitrogens with zero attached hydrogens (tertiary/aromatic N) is 4. The number of ketones is 1. The number of fused-ring (bicyclic) bond motifs is 2. The van der Waals surface area contributed by atoms with E-state index < -0.39 is 5.41 Å². The summed E-state index contributed by atoms with van der Waals surface area (Å²) in [7, 11) is 0. The Labute approximate surface area is 214 Å². The molecule has 36 heavy (non-hydrogen) atoms. The number of imidazole rings is 1. The van der Waals surface area contributed by atoms with Gasteiger partial charge in [-0.2, -0.15) is 0 Å². The van der Waals surface area contributed by atoms with Crippen LogP contribution in [0.5, 0.6) is 0 Å². The molecule has 4 aromatic rings. The molecule has 3 aromatic heterocycles. The van der Waals surface area contributed by atoms with Gasteiger partial charge in [-0.3, -0.25) is 14.6 Å². The first kappa shape index (κ1) is 24.2. The van der Waals surface area contributed by atoms with E-state index >= 15 is 0 Å². The molecule has 0 spiro atoms. The van der Waals surface area contributed by atoms with Gasteiger partial charge in [0.15, 0.2) is 11.4 Å². The lowest BCUT2D eigenvalue weighted by atomic mass is 9.70. The maximum absolute atomic E-state index is 13.9. The number of benzene rings is 1. The highest BCUT2D eigenvalue weighted by Gasteiger charge is 2.44. The number of amides is 1. The summed E-state index contributed by atoms with van der Waals surface area (Å²) in [5, 5.41) is 2.92. The first-order valence-electron chi connectivity index (χ1n) is 12.2. The molecular formula is C28H29N5O2S. The fraction of sp³-hybridized carbons (Fsp3) is 0.321. The molecule has 0 radical (unpaired) electrons. The minimum absolute atomic E-state index is 0.00193. The maximum atomic E-state index is 13.9. The number of Topliss-reactive ketones (excluding diaryl/α,β-unsaturated/α-hetero) is 1. The Bertz CT molecular complexity index is 1480. The van der Waals surface area contributed by atoms with Gasteiger partial charge in [0.05, 0.1) is 28.9 Å². The monoisotopic (exact) mass is 499 g/mol. The molecule has 1 unspecified atom stereocenters. The van der Waals surface area contributed by atoms with Crippen molar-refractivity contribution in [2.75, 3.05) is 11.1 Å². The molecule has 0 aliphatic heterocycles. The zero-order chi connectivity index (χ0) is 25.4. The number of hydrogen-bond acceptors (Lipinski definition) is 6. The third-order valence-electron chi connectivity index (χ3n) is 6.77. The average Bonchev–Trinajstić information content (AvgIpc) is 3.23. The van der Waals surface area contributed by atoms with Gasteiger partial charge >= 0.3 is 0 Å². The van der Waals surface area contributed by atoms with E-state index in [9.17, 15) is 9.59 Å². The second-order valence-electron chi connectivity index (χ2n) is 9.50. The molecule has 0 saturated heterocycles. The quantitative estimate of drug-likeness (QED) is 0.370. The van der Waals surface area contributed by atoms with Gasteiger partial charge in [-0.05, 0) is 68.7 Å². The highest BCUT2D eigenvalue weighted by Crippen LogP contribution is 2.40. The lowest BCUT2D eigenvalue weighted by Gasteiger charge is -2.33. The van der Waals surface area contributed by atoms with Crippen LogP contribution in [0.3, 0.4) is 0 Å². The van der Waals surface area contributed by atoms with Crippen molar-refractivity contribution in [1.82, 2.24) is 19.4 Å². The van der Waals surface area contributed by atoms with E-state index in [4.69, 9.17) is 0 Å². The van der Waals surface area contributed by atoms with Crippen molar-refractivity contribution >= 4 is 34.9 Å². The van der Waals surface area contributed by atoms with E-state index in [1.54, 1.807) is 24.0 Å². The maximum Gasteiger partial charge on any atom is 0.229 e. The zero-order valence-electron chi connectivity index (χ0n) is 21.0. The predicted molar refractivity (Wildman–Crippen MR) is 142 cm³/mol. The number of rotatable bonds is 6. The van der Waals surface area contributed by atoms with E-state index in [-0.39, 0.29) is 18.1 Å². The Morgan fingerprint density at radius 2 is 1.97 bits per heavy atom. The normalized spacial score (nSPS) is 17.3. The first-order chi connectivity index (χ1) is 17.3. The molecule has 5 rings (SSSR count). The van der Waals surface area contributed by atoms with Crippen molar-refractivity contribution in [2.45, 2.75) is 57.3 Å². The van der Waals surface area contributed by atoms with Gasteiger partial charge in [0.2, 0.25) is 5.91 Å². The molecule has 8 heteroatoms. The van der Waals surface area contributed by atoms with Crippen LogP contribution in [0.1, 0.15) is 58.8 Å². The molecule has 1 N–H and O–H groups in total. The molecule has 0 bridgehead atoms. The highest BCUT2D eigenvalue weighted by molar-refractivity contribution is 7.99. The van der Waals surface area contributed by atoms with E-state index in [2.05, 4.69) is 27.2 Å². The van der Waals surface area contributed by atoms with E-state index in [0.717, 1.165) is 28.3 Å². The Balaban J connectivity index is 1.38. The van der Waals surface area contributed by atoms with Crippen LogP contribution in [-0.4, -0.2) is 36.8 Å². The summed E-state index contributed by atoms with van der Waals surface area (Å²) in [5.41, 5.74) is 4.58. The molecule has 1 aromatic carbocycles. The Kier molecular flexibility index (Phi) is 6.38. The van der Waals surface area contributed by atoms with Crippen molar-refractivity contribution in [2.24, 2.45) is 0 Å². The van der Waals surface area contributed by atoms with Crippen LogP contribution < -0.4 is 5.32 Å². The van der Waals surface area contributed by atoms with Gasteiger partial charge < -0.3 is 9.72 Å². The molecule has 0 fully saturated rings. The summed E-state index contributed by atoms with van der Waals surface area (Å²) >= 11 is 1.77. The standard InChI is InChI=1S/C28H29N5O2S/c1-5-36-20-8-6-19(7-9-20)15-23(34)32-22-14-17(2)24-21(31-22)10-11-28(4,26(24)35)25-27-30-18(3)16-33(27)13-12-29-25/h6-9,12-14,16H,5,10-11,15H2,1-4H3,(H,31,32,34). The van der Waals surface area contributed by atoms with Gasteiger partial charge in [-0.25, -0.2) is 9.97 Å². The molecule has 0 saturated carbocycles. The van der Waals surface area contributed by atoms with Crippen LogP contribution in [0, 0.1) is 13.8 Å². The molecule has 1 atom stereocenters. The number of nitrogens with one attached hydrogen (secondary N) is 1. The lowest BCUT2D eigenvalue weighted by molar-refractivity contribution is -0.115. The summed E-state index contributed by atoms with van der Waals surface area (Å²) in [6.45, 7) is 7.90. The SMILES string of the molecule is CCSc1ccc(CC(=O)Nc2cc(C)c3c(n2)CCC(C)(c2nccn4cc(C)nc24)C3=O)cc1. The van der Waals surface area contributed by atoms with Crippen molar-refractivity contribution in [3.05, 3.63) is 82.7 Å². The van der Waals surface area contributed by atoms with E-state index in [1.807, 2.05) is 61.8 Å². The number of aryl methyl sites for hydroxylation is 3. The summed E-state index contributed by atoms with van der Waals surface area (Å²) in [6, 6.07) is 9.84. The largest absolute Gasteiger partial charge is 0.310 e. The second-order valence-corrected chi connectivity index (χ2v) is 10.8. The lowest BCUT2D eigenvalue weighted by Crippen LogP contribution is -2.39. The number of carbonyl (C=O) groups is 2. The molecule has 1 aliphatic carbocycles. The van der Waals surface area contributed by atoms with Crippen molar-refractivity contribution in [1.29, 1.82) is 0 Å². The van der Waals surface area contributed by atoms with Crippen molar-refractivity contribution in [3.8, 4) is 0 Å². The Hall–Kier alpha value is -3.52. The fourth-order valence-corrected chi connectivity index (χ4v) is 5.61. The minimum atomic E-state index is -0.799. The molecule has 1 amide bonds.